The summed E-state index contributed by atoms with van der Waals surface area (Å²) < 4.78 is 4.53. The van der Waals surface area contributed by atoms with E-state index in [0.29, 0.717) is 11.9 Å². The van der Waals surface area contributed by atoms with Gasteiger partial charge in [-0.1, -0.05) is 27.7 Å². The summed E-state index contributed by atoms with van der Waals surface area (Å²) in [7, 11) is 0.0236. The van der Waals surface area contributed by atoms with Crippen LogP contribution in [-0.4, -0.2) is 40.2 Å². The molecule has 1 aromatic heterocycles. The molecule has 1 unspecified atom stereocenters. The van der Waals surface area contributed by atoms with Crippen LogP contribution in [0.15, 0.2) is 34.8 Å². The van der Waals surface area contributed by atoms with Gasteiger partial charge in [-0.05, 0) is 49.6 Å². The minimum Gasteiger partial charge on any atom is -0.394 e. The van der Waals surface area contributed by atoms with Gasteiger partial charge in [-0.3, -0.25) is 0 Å². The molecule has 2 rings (SSSR count). The standard InChI is InChI=1S/C18H27N5OS.C2H6/c1-12(2)16(11-24)21-17-13(3)10-19-18(22-17)20-14-6-8-15(9-7-14)23-25(4)5;1-2/h6-10,12,16,24H,11H2,1-5H3,(H2,19,20,21,22);1-2H3. The van der Waals surface area contributed by atoms with E-state index in [9.17, 15) is 5.11 Å². The van der Waals surface area contributed by atoms with Crippen LogP contribution in [-0.2, 0) is 10.7 Å². The Morgan fingerprint density at radius 3 is 2.30 bits per heavy atom. The number of aromatic nitrogens is 2. The lowest BCUT2D eigenvalue weighted by Gasteiger charge is -2.21. The molecule has 6 nitrogen and oxygen atoms in total. The first kappa shape index (κ1) is 23.0. The Balaban J connectivity index is 0.00000176. The second kappa shape index (κ2) is 11.7. The minimum absolute atomic E-state index is 0.0236. The lowest BCUT2D eigenvalue weighted by atomic mass is 10.1. The summed E-state index contributed by atoms with van der Waals surface area (Å²) in [6, 6.07) is 7.84. The highest BCUT2D eigenvalue weighted by molar-refractivity contribution is 7.85. The Labute approximate surface area is 166 Å². The largest absolute Gasteiger partial charge is 0.394 e. The van der Waals surface area contributed by atoms with Crippen molar-refractivity contribution in [2.24, 2.45) is 10.3 Å². The van der Waals surface area contributed by atoms with Gasteiger partial charge in [0.05, 0.1) is 18.3 Å². The van der Waals surface area contributed by atoms with E-state index in [-0.39, 0.29) is 23.3 Å². The highest BCUT2D eigenvalue weighted by atomic mass is 32.2. The Morgan fingerprint density at radius 1 is 1.15 bits per heavy atom. The fourth-order valence-corrected chi connectivity index (χ4v) is 2.74. The van der Waals surface area contributed by atoms with Crippen molar-refractivity contribution in [2.75, 3.05) is 29.8 Å². The van der Waals surface area contributed by atoms with E-state index in [1.807, 2.05) is 45.0 Å². The van der Waals surface area contributed by atoms with E-state index in [4.69, 9.17) is 0 Å². The number of aliphatic hydroxyl groups excluding tert-OH is 1. The monoisotopic (exact) mass is 391 g/mol. The third-order valence-corrected chi connectivity index (χ3v) is 4.28. The zero-order valence-corrected chi connectivity index (χ0v) is 18.3. The van der Waals surface area contributed by atoms with Gasteiger partial charge in [0.15, 0.2) is 0 Å². The van der Waals surface area contributed by atoms with Gasteiger partial charge in [0.25, 0.3) is 0 Å². The fourth-order valence-electron chi connectivity index (χ4n) is 2.19. The summed E-state index contributed by atoms with van der Waals surface area (Å²) in [4.78, 5) is 8.88. The van der Waals surface area contributed by atoms with E-state index in [1.54, 1.807) is 6.20 Å². The molecule has 7 heteroatoms. The zero-order valence-electron chi connectivity index (χ0n) is 17.4. The topological polar surface area (TPSA) is 82.4 Å². The van der Waals surface area contributed by atoms with Crippen LogP contribution in [0.3, 0.4) is 0 Å². The van der Waals surface area contributed by atoms with Gasteiger partial charge >= 0.3 is 0 Å². The highest BCUT2D eigenvalue weighted by Crippen LogP contribution is 2.21. The van der Waals surface area contributed by atoms with Gasteiger partial charge in [-0.25, -0.2) is 9.35 Å². The molecule has 1 heterocycles. The second-order valence-electron chi connectivity index (χ2n) is 6.44. The molecule has 0 amide bonds. The predicted octanol–water partition coefficient (Wildman–Crippen LogP) is 4.68. The summed E-state index contributed by atoms with van der Waals surface area (Å²) in [6.45, 7) is 10.1. The average Bonchev–Trinajstić information content (AvgIpc) is 2.64. The lowest BCUT2D eigenvalue weighted by Crippen LogP contribution is -2.30. The quantitative estimate of drug-likeness (QED) is 0.638. The van der Waals surface area contributed by atoms with Crippen molar-refractivity contribution < 1.29 is 5.11 Å². The SMILES string of the molecule is CC.Cc1cnc(Nc2ccc(N=S(C)C)cc2)nc1NC(CO)C(C)C. The molecule has 1 aromatic carbocycles. The number of benzene rings is 1. The van der Waals surface area contributed by atoms with Gasteiger partial charge in [-0.2, -0.15) is 4.98 Å². The van der Waals surface area contributed by atoms with Crippen LogP contribution in [0.4, 0.5) is 23.1 Å². The summed E-state index contributed by atoms with van der Waals surface area (Å²) in [5.74, 6) is 1.55. The summed E-state index contributed by atoms with van der Waals surface area (Å²) >= 11 is 0. The zero-order chi connectivity index (χ0) is 20.4. The number of nitrogens with zero attached hydrogens (tertiary/aromatic N) is 3. The maximum absolute atomic E-state index is 9.51. The van der Waals surface area contributed by atoms with Crippen molar-refractivity contribution >= 4 is 33.8 Å². The molecule has 0 saturated carbocycles. The van der Waals surface area contributed by atoms with Crippen LogP contribution < -0.4 is 10.6 Å². The van der Waals surface area contributed by atoms with Crippen molar-refractivity contribution in [3.63, 3.8) is 0 Å². The molecule has 0 aliphatic carbocycles. The van der Waals surface area contributed by atoms with Crippen molar-refractivity contribution in [1.82, 2.24) is 9.97 Å². The van der Waals surface area contributed by atoms with Crippen molar-refractivity contribution in [1.29, 1.82) is 0 Å². The van der Waals surface area contributed by atoms with Crippen LogP contribution >= 0.6 is 0 Å². The van der Waals surface area contributed by atoms with Gasteiger partial charge in [0.2, 0.25) is 5.95 Å². The number of nitrogens with one attached hydrogen (secondary N) is 2. The molecule has 0 bridgehead atoms. The maximum Gasteiger partial charge on any atom is 0.229 e. The van der Waals surface area contributed by atoms with Crippen molar-refractivity contribution in [2.45, 2.75) is 40.7 Å². The van der Waals surface area contributed by atoms with Gasteiger partial charge in [-0.15, -0.1) is 10.7 Å². The number of aliphatic hydroxyl groups is 1. The van der Waals surface area contributed by atoms with Crippen molar-refractivity contribution in [3.8, 4) is 0 Å². The molecule has 0 saturated heterocycles. The number of rotatable bonds is 7. The Hall–Kier alpha value is -1.99. The maximum atomic E-state index is 9.51. The average molecular weight is 392 g/mol. The summed E-state index contributed by atoms with van der Waals surface area (Å²) in [5, 5.41) is 16.0. The molecular weight excluding hydrogens is 358 g/mol. The molecule has 1 atom stereocenters. The molecule has 3 N–H and O–H groups in total. The Kier molecular flexibility index (Phi) is 9.96. The second-order valence-corrected chi connectivity index (χ2v) is 8.17. The fraction of sp³-hybridized carbons (Fsp3) is 0.500. The number of hydrogen-bond acceptors (Lipinski definition) is 6. The third-order valence-electron chi connectivity index (χ3n) is 3.71. The first-order valence-corrected chi connectivity index (χ1v) is 11.3. The van der Waals surface area contributed by atoms with Crippen LogP contribution in [0.25, 0.3) is 0 Å². The Bertz CT molecular complexity index is 728. The first-order chi connectivity index (χ1) is 12.9. The van der Waals surface area contributed by atoms with Gasteiger partial charge in [0, 0.05) is 17.4 Å². The smallest absolute Gasteiger partial charge is 0.229 e. The molecular formula is C20H33N5OS. The summed E-state index contributed by atoms with van der Waals surface area (Å²) in [6.07, 6.45) is 5.94. The molecule has 150 valence electrons. The first-order valence-electron chi connectivity index (χ1n) is 9.26. The summed E-state index contributed by atoms with van der Waals surface area (Å²) in [5.41, 5.74) is 2.81. The molecule has 0 aliphatic rings. The lowest BCUT2D eigenvalue weighted by molar-refractivity contribution is 0.249. The number of anilines is 3. The van der Waals surface area contributed by atoms with Crippen molar-refractivity contribution in [3.05, 3.63) is 36.0 Å². The van der Waals surface area contributed by atoms with Gasteiger partial charge in [0.1, 0.15) is 5.82 Å². The molecule has 0 spiro atoms. The van der Waals surface area contributed by atoms with Crippen LogP contribution in [0.1, 0.15) is 33.3 Å². The number of aryl methyl sites for hydroxylation is 1. The molecule has 27 heavy (non-hydrogen) atoms. The van der Waals surface area contributed by atoms with Gasteiger partial charge < -0.3 is 15.7 Å². The predicted molar refractivity (Wildman–Crippen MR) is 118 cm³/mol. The molecule has 0 fully saturated rings. The van der Waals surface area contributed by atoms with Crippen LogP contribution in [0.5, 0.6) is 0 Å². The van der Waals surface area contributed by atoms with Crippen LogP contribution in [0, 0.1) is 12.8 Å². The van der Waals surface area contributed by atoms with E-state index >= 15 is 0 Å². The Morgan fingerprint density at radius 2 is 1.78 bits per heavy atom. The van der Waals surface area contributed by atoms with E-state index < -0.39 is 0 Å². The van der Waals surface area contributed by atoms with E-state index in [2.05, 4.69) is 51.3 Å². The minimum atomic E-state index is -0.0424. The molecule has 0 aliphatic heterocycles. The molecule has 2 aromatic rings. The third kappa shape index (κ3) is 7.64. The van der Waals surface area contributed by atoms with E-state index in [1.165, 1.54) is 0 Å². The number of hydrogen-bond donors (Lipinski definition) is 3. The molecule has 0 radical (unpaired) electrons. The highest BCUT2D eigenvalue weighted by Gasteiger charge is 2.14. The van der Waals surface area contributed by atoms with Crippen LogP contribution in [0.2, 0.25) is 0 Å². The van der Waals surface area contributed by atoms with E-state index in [0.717, 1.165) is 22.8 Å². The normalized spacial score (nSPS) is 11.6.